The molecule has 1 aliphatic rings. The Kier molecular flexibility index (Phi) is 5.80. The van der Waals surface area contributed by atoms with Crippen molar-refractivity contribution < 1.29 is 4.74 Å². The van der Waals surface area contributed by atoms with Crippen LogP contribution in [-0.4, -0.2) is 42.7 Å². The van der Waals surface area contributed by atoms with Crippen LogP contribution in [0.1, 0.15) is 31.2 Å². The molecule has 0 aromatic carbocycles. The van der Waals surface area contributed by atoms with E-state index in [1.807, 2.05) is 0 Å². The van der Waals surface area contributed by atoms with Gasteiger partial charge in [0.05, 0.1) is 6.61 Å². The smallest absolute Gasteiger partial charge is 0.0593 e. The Hall–Kier alpha value is -0.930. The number of aryl methyl sites for hydroxylation is 1. The van der Waals surface area contributed by atoms with Crippen molar-refractivity contribution in [3.63, 3.8) is 0 Å². The van der Waals surface area contributed by atoms with Crippen molar-refractivity contribution in [2.45, 2.75) is 33.1 Å². The molecule has 1 fully saturated rings. The molecule has 106 valence electrons. The molecule has 0 N–H and O–H groups in total. The lowest BCUT2D eigenvalue weighted by Crippen LogP contribution is -2.38. The molecule has 1 atom stereocenters. The fraction of sp³-hybridized carbons (Fsp3) is 0.688. The van der Waals surface area contributed by atoms with Gasteiger partial charge in [-0.05, 0) is 57.7 Å². The van der Waals surface area contributed by atoms with E-state index in [0.717, 1.165) is 37.8 Å². The molecular weight excluding hydrogens is 236 g/mol. The van der Waals surface area contributed by atoms with Crippen LogP contribution < -0.4 is 0 Å². The first-order valence-corrected chi connectivity index (χ1v) is 7.50. The van der Waals surface area contributed by atoms with Gasteiger partial charge in [0.2, 0.25) is 0 Å². The molecule has 0 saturated carbocycles. The number of hydrogen-bond acceptors (Lipinski definition) is 3. The zero-order valence-corrected chi connectivity index (χ0v) is 12.3. The second-order valence-corrected chi connectivity index (χ2v) is 5.48. The van der Waals surface area contributed by atoms with Gasteiger partial charge in [0, 0.05) is 31.1 Å². The number of aromatic nitrogens is 1. The topological polar surface area (TPSA) is 25.4 Å². The Morgan fingerprint density at radius 3 is 3.11 bits per heavy atom. The van der Waals surface area contributed by atoms with Crippen LogP contribution in [0.2, 0.25) is 0 Å². The summed E-state index contributed by atoms with van der Waals surface area (Å²) in [6.45, 7) is 9.32. The van der Waals surface area contributed by atoms with Gasteiger partial charge in [-0.2, -0.15) is 0 Å². The summed E-state index contributed by atoms with van der Waals surface area (Å²) in [5.74, 6) is 0.754. The Labute approximate surface area is 117 Å². The van der Waals surface area contributed by atoms with Crippen LogP contribution in [-0.2, 0) is 11.2 Å². The van der Waals surface area contributed by atoms with E-state index in [2.05, 4.69) is 41.9 Å². The van der Waals surface area contributed by atoms with Crippen molar-refractivity contribution in [2.75, 3.05) is 32.8 Å². The molecule has 0 bridgehead atoms. The molecule has 1 aromatic rings. The average molecular weight is 262 g/mol. The molecular formula is C16H26N2O. The molecule has 0 radical (unpaired) electrons. The molecule has 19 heavy (non-hydrogen) atoms. The van der Waals surface area contributed by atoms with Gasteiger partial charge in [-0.1, -0.05) is 6.07 Å². The van der Waals surface area contributed by atoms with Crippen LogP contribution in [0.5, 0.6) is 0 Å². The van der Waals surface area contributed by atoms with Crippen molar-refractivity contribution >= 4 is 0 Å². The fourth-order valence-electron chi connectivity index (χ4n) is 2.87. The highest BCUT2D eigenvalue weighted by Crippen LogP contribution is 2.20. The molecule has 1 aliphatic heterocycles. The minimum absolute atomic E-state index is 0.754. The quantitative estimate of drug-likeness (QED) is 0.737. The Bertz CT molecular complexity index is 381. The van der Waals surface area contributed by atoms with E-state index in [4.69, 9.17) is 4.74 Å². The normalized spacial score (nSPS) is 20.6. The molecule has 2 rings (SSSR count). The number of pyridine rings is 1. The minimum Gasteiger partial charge on any atom is -0.380 e. The van der Waals surface area contributed by atoms with Gasteiger partial charge < -0.3 is 9.64 Å². The first-order valence-electron chi connectivity index (χ1n) is 7.50. The van der Waals surface area contributed by atoms with E-state index in [9.17, 15) is 0 Å². The van der Waals surface area contributed by atoms with Crippen molar-refractivity contribution in [2.24, 2.45) is 5.92 Å². The van der Waals surface area contributed by atoms with Crippen LogP contribution in [0.4, 0.5) is 0 Å². The first-order chi connectivity index (χ1) is 9.28. The van der Waals surface area contributed by atoms with Gasteiger partial charge in [0.15, 0.2) is 0 Å². The van der Waals surface area contributed by atoms with E-state index >= 15 is 0 Å². The Balaban J connectivity index is 1.80. The standard InChI is InChI=1S/C16H26N2O/c1-3-19-11-10-18-9-5-7-15(13-18)12-16-8-4-6-14(2)17-16/h4,6,8,15H,3,5,7,9-13H2,1-2H3/t15-/m0/s1. The third-order valence-corrected chi connectivity index (χ3v) is 3.80. The summed E-state index contributed by atoms with van der Waals surface area (Å²) in [5, 5.41) is 0. The highest BCUT2D eigenvalue weighted by molar-refractivity contribution is 5.10. The number of hydrogen-bond donors (Lipinski definition) is 0. The van der Waals surface area contributed by atoms with E-state index < -0.39 is 0 Å². The summed E-state index contributed by atoms with van der Waals surface area (Å²) in [6.07, 6.45) is 3.76. The molecule has 3 nitrogen and oxygen atoms in total. The third kappa shape index (κ3) is 4.92. The van der Waals surface area contributed by atoms with Crippen molar-refractivity contribution in [3.8, 4) is 0 Å². The summed E-state index contributed by atoms with van der Waals surface area (Å²) < 4.78 is 5.45. The number of piperidine rings is 1. The van der Waals surface area contributed by atoms with Gasteiger partial charge in [0.25, 0.3) is 0 Å². The van der Waals surface area contributed by atoms with Crippen LogP contribution >= 0.6 is 0 Å². The fourth-order valence-corrected chi connectivity index (χ4v) is 2.87. The van der Waals surface area contributed by atoms with Gasteiger partial charge >= 0.3 is 0 Å². The lowest BCUT2D eigenvalue weighted by atomic mass is 9.93. The minimum atomic E-state index is 0.754. The monoisotopic (exact) mass is 262 g/mol. The van der Waals surface area contributed by atoms with E-state index in [1.54, 1.807) is 0 Å². The third-order valence-electron chi connectivity index (χ3n) is 3.80. The largest absolute Gasteiger partial charge is 0.380 e. The molecule has 1 saturated heterocycles. The van der Waals surface area contributed by atoms with Crippen molar-refractivity contribution in [1.29, 1.82) is 0 Å². The molecule has 2 heterocycles. The van der Waals surface area contributed by atoms with Crippen LogP contribution in [0, 0.1) is 12.8 Å². The SMILES string of the molecule is CCOCCN1CCC[C@@H](Cc2cccc(C)n2)C1. The molecule has 0 unspecified atom stereocenters. The number of rotatable bonds is 6. The number of nitrogens with zero attached hydrogens (tertiary/aromatic N) is 2. The second kappa shape index (κ2) is 7.61. The summed E-state index contributed by atoms with van der Waals surface area (Å²) in [4.78, 5) is 7.17. The van der Waals surface area contributed by atoms with Gasteiger partial charge in [0.1, 0.15) is 0 Å². The van der Waals surface area contributed by atoms with Crippen LogP contribution in [0.15, 0.2) is 18.2 Å². The zero-order valence-electron chi connectivity index (χ0n) is 12.3. The Morgan fingerprint density at radius 1 is 1.42 bits per heavy atom. The summed E-state index contributed by atoms with van der Waals surface area (Å²) >= 11 is 0. The van der Waals surface area contributed by atoms with Crippen LogP contribution in [0.3, 0.4) is 0 Å². The van der Waals surface area contributed by atoms with E-state index in [-0.39, 0.29) is 0 Å². The maximum atomic E-state index is 5.45. The number of ether oxygens (including phenoxy) is 1. The van der Waals surface area contributed by atoms with Crippen molar-refractivity contribution in [3.05, 3.63) is 29.6 Å². The van der Waals surface area contributed by atoms with Gasteiger partial charge in [-0.3, -0.25) is 4.98 Å². The molecule has 0 amide bonds. The average Bonchev–Trinajstić information content (AvgIpc) is 2.39. The Morgan fingerprint density at radius 2 is 2.32 bits per heavy atom. The first kappa shape index (κ1) is 14.5. The van der Waals surface area contributed by atoms with E-state index in [1.165, 1.54) is 31.6 Å². The lowest BCUT2D eigenvalue weighted by Gasteiger charge is -2.32. The van der Waals surface area contributed by atoms with Gasteiger partial charge in [-0.15, -0.1) is 0 Å². The number of likely N-dealkylation sites (tertiary alicyclic amines) is 1. The molecule has 0 aliphatic carbocycles. The predicted octanol–water partition coefficient (Wildman–Crippen LogP) is 2.68. The van der Waals surface area contributed by atoms with Crippen LogP contribution in [0.25, 0.3) is 0 Å². The van der Waals surface area contributed by atoms with E-state index in [0.29, 0.717) is 0 Å². The predicted molar refractivity (Wildman–Crippen MR) is 78.3 cm³/mol. The summed E-state index contributed by atoms with van der Waals surface area (Å²) in [7, 11) is 0. The maximum Gasteiger partial charge on any atom is 0.0593 e. The van der Waals surface area contributed by atoms with Gasteiger partial charge in [-0.25, -0.2) is 0 Å². The second-order valence-electron chi connectivity index (χ2n) is 5.48. The molecule has 1 aromatic heterocycles. The summed E-state index contributed by atoms with van der Waals surface area (Å²) in [6, 6.07) is 6.35. The highest BCUT2D eigenvalue weighted by Gasteiger charge is 2.20. The van der Waals surface area contributed by atoms with Crippen molar-refractivity contribution in [1.82, 2.24) is 9.88 Å². The molecule has 3 heteroatoms. The highest BCUT2D eigenvalue weighted by atomic mass is 16.5. The lowest BCUT2D eigenvalue weighted by molar-refractivity contribution is 0.0916. The zero-order chi connectivity index (χ0) is 13.5. The maximum absolute atomic E-state index is 5.45. The summed E-state index contributed by atoms with van der Waals surface area (Å²) in [5.41, 5.74) is 2.37. The molecule has 0 spiro atoms.